The van der Waals surface area contributed by atoms with Gasteiger partial charge >= 0.3 is 0 Å². The third kappa shape index (κ3) is 7.64. The second-order valence-corrected chi connectivity index (χ2v) is 5.71. The molecule has 0 aromatic carbocycles. The lowest BCUT2D eigenvalue weighted by molar-refractivity contribution is 0.122. The molecule has 1 heterocycles. The van der Waals surface area contributed by atoms with E-state index in [0.29, 0.717) is 12.1 Å². The van der Waals surface area contributed by atoms with Crippen LogP contribution in [0.3, 0.4) is 0 Å². The van der Waals surface area contributed by atoms with Gasteiger partial charge in [-0.25, -0.2) is 0 Å². The Bertz CT molecular complexity index is 275. The van der Waals surface area contributed by atoms with Crippen molar-refractivity contribution in [1.82, 2.24) is 20.4 Å². The highest BCUT2D eigenvalue weighted by atomic mass is 127. The second-order valence-electron chi connectivity index (χ2n) is 5.71. The first-order valence-electron chi connectivity index (χ1n) is 7.50. The SMILES string of the molecule is CCNC(=NCC(C)N1CCN(C)CC1)NC(C)C.I. The first-order valence-corrected chi connectivity index (χ1v) is 7.50. The summed E-state index contributed by atoms with van der Waals surface area (Å²) in [6, 6.07) is 0.924. The number of aliphatic imine (C=N–C) groups is 1. The van der Waals surface area contributed by atoms with Gasteiger partial charge in [0.15, 0.2) is 5.96 Å². The van der Waals surface area contributed by atoms with Gasteiger partial charge in [-0.05, 0) is 34.7 Å². The molecule has 1 aliphatic heterocycles. The van der Waals surface area contributed by atoms with Crippen molar-refractivity contribution in [2.24, 2.45) is 4.99 Å². The van der Waals surface area contributed by atoms with E-state index in [2.05, 4.69) is 60.2 Å². The highest BCUT2D eigenvalue weighted by Gasteiger charge is 2.18. The molecule has 0 aromatic rings. The minimum atomic E-state index is 0. The van der Waals surface area contributed by atoms with Crippen LogP contribution in [-0.2, 0) is 0 Å². The number of guanidine groups is 1. The number of piperazine rings is 1. The van der Waals surface area contributed by atoms with Crippen molar-refractivity contribution in [2.75, 3.05) is 46.3 Å². The lowest BCUT2D eigenvalue weighted by Gasteiger charge is -2.35. The van der Waals surface area contributed by atoms with Gasteiger partial charge in [-0.1, -0.05) is 0 Å². The van der Waals surface area contributed by atoms with Crippen LogP contribution in [0.2, 0.25) is 0 Å². The summed E-state index contributed by atoms with van der Waals surface area (Å²) in [5, 5.41) is 6.65. The third-order valence-electron chi connectivity index (χ3n) is 3.44. The fourth-order valence-corrected chi connectivity index (χ4v) is 2.20. The van der Waals surface area contributed by atoms with E-state index in [1.807, 2.05) is 0 Å². The topological polar surface area (TPSA) is 42.9 Å². The largest absolute Gasteiger partial charge is 0.357 e. The summed E-state index contributed by atoms with van der Waals surface area (Å²) in [6.07, 6.45) is 0. The Morgan fingerprint density at radius 1 is 1.15 bits per heavy atom. The van der Waals surface area contributed by atoms with Crippen LogP contribution >= 0.6 is 24.0 Å². The highest BCUT2D eigenvalue weighted by molar-refractivity contribution is 14.0. The van der Waals surface area contributed by atoms with E-state index >= 15 is 0 Å². The summed E-state index contributed by atoms with van der Waals surface area (Å²) in [7, 11) is 2.19. The minimum absolute atomic E-state index is 0. The Balaban J connectivity index is 0.00000361. The average Bonchev–Trinajstić information content (AvgIpc) is 2.36. The highest BCUT2D eigenvalue weighted by Crippen LogP contribution is 2.05. The normalized spacial score (nSPS) is 19.6. The van der Waals surface area contributed by atoms with Gasteiger partial charge in [0.2, 0.25) is 0 Å². The van der Waals surface area contributed by atoms with Gasteiger partial charge in [-0.3, -0.25) is 9.89 Å². The van der Waals surface area contributed by atoms with E-state index in [1.165, 1.54) is 13.1 Å². The first-order chi connectivity index (χ1) is 9.02. The van der Waals surface area contributed by atoms with E-state index in [-0.39, 0.29) is 24.0 Å². The molecule has 1 unspecified atom stereocenters. The molecule has 1 aliphatic rings. The van der Waals surface area contributed by atoms with Crippen LogP contribution in [0.4, 0.5) is 0 Å². The summed E-state index contributed by atoms with van der Waals surface area (Å²) in [4.78, 5) is 9.60. The molecule has 2 N–H and O–H groups in total. The third-order valence-corrected chi connectivity index (χ3v) is 3.44. The van der Waals surface area contributed by atoms with E-state index in [9.17, 15) is 0 Å². The van der Waals surface area contributed by atoms with Gasteiger partial charge in [-0.15, -0.1) is 24.0 Å². The van der Waals surface area contributed by atoms with Gasteiger partial charge in [0.25, 0.3) is 0 Å². The summed E-state index contributed by atoms with van der Waals surface area (Å²) < 4.78 is 0. The maximum atomic E-state index is 4.69. The fourth-order valence-electron chi connectivity index (χ4n) is 2.20. The van der Waals surface area contributed by atoms with Gasteiger partial charge in [0.05, 0.1) is 6.54 Å². The van der Waals surface area contributed by atoms with Crippen LogP contribution in [0, 0.1) is 0 Å². The minimum Gasteiger partial charge on any atom is -0.357 e. The molecule has 5 nitrogen and oxygen atoms in total. The average molecular weight is 397 g/mol. The van der Waals surface area contributed by atoms with Crippen molar-refractivity contribution >= 4 is 29.9 Å². The fraction of sp³-hybridized carbons (Fsp3) is 0.929. The molecule has 6 heteroatoms. The molecule has 0 bridgehead atoms. The van der Waals surface area contributed by atoms with Crippen molar-refractivity contribution in [3.8, 4) is 0 Å². The van der Waals surface area contributed by atoms with Crippen LogP contribution in [0.15, 0.2) is 4.99 Å². The van der Waals surface area contributed by atoms with E-state index in [0.717, 1.165) is 32.1 Å². The van der Waals surface area contributed by atoms with Gasteiger partial charge in [0, 0.05) is 44.8 Å². The molecule has 1 atom stereocenters. The van der Waals surface area contributed by atoms with Crippen LogP contribution in [-0.4, -0.2) is 74.2 Å². The van der Waals surface area contributed by atoms with Crippen LogP contribution < -0.4 is 10.6 Å². The summed E-state index contributed by atoms with van der Waals surface area (Å²) in [5.74, 6) is 0.929. The maximum absolute atomic E-state index is 4.69. The van der Waals surface area contributed by atoms with Crippen LogP contribution in [0.25, 0.3) is 0 Å². The molecule has 0 amide bonds. The summed E-state index contributed by atoms with van der Waals surface area (Å²) in [6.45, 7) is 15.0. The second kappa shape index (κ2) is 10.6. The molecule has 0 radical (unpaired) electrons. The number of nitrogens with one attached hydrogen (secondary N) is 2. The van der Waals surface area contributed by atoms with E-state index in [1.54, 1.807) is 0 Å². The van der Waals surface area contributed by atoms with Crippen molar-refractivity contribution in [3.63, 3.8) is 0 Å². The zero-order valence-corrected chi connectivity index (χ0v) is 16.0. The maximum Gasteiger partial charge on any atom is 0.191 e. The number of hydrogen-bond donors (Lipinski definition) is 2. The van der Waals surface area contributed by atoms with E-state index < -0.39 is 0 Å². The van der Waals surface area contributed by atoms with Crippen molar-refractivity contribution in [3.05, 3.63) is 0 Å². The molecule has 0 aliphatic carbocycles. The summed E-state index contributed by atoms with van der Waals surface area (Å²) >= 11 is 0. The summed E-state index contributed by atoms with van der Waals surface area (Å²) in [5.41, 5.74) is 0. The standard InChI is InChI=1S/C14H31N5.HI/c1-6-15-14(17-12(2)3)16-11-13(4)19-9-7-18(5)8-10-19;/h12-13H,6-11H2,1-5H3,(H2,15,16,17);1H. The zero-order chi connectivity index (χ0) is 14.3. The van der Waals surface area contributed by atoms with Crippen LogP contribution in [0.1, 0.15) is 27.7 Å². The molecule has 1 fully saturated rings. The Kier molecular flexibility index (Phi) is 10.6. The molecular formula is C14H32IN5. The lowest BCUT2D eigenvalue weighted by Crippen LogP contribution is -2.49. The lowest BCUT2D eigenvalue weighted by atomic mass is 10.2. The predicted molar refractivity (Wildman–Crippen MR) is 98.2 cm³/mol. The van der Waals surface area contributed by atoms with Gasteiger partial charge in [0.1, 0.15) is 0 Å². The Morgan fingerprint density at radius 2 is 1.75 bits per heavy atom. The monoisotopic (exact) mass is 397 g/mol. The van der Waals surface area contributed by atoms with Gasteiger partial charge in [-0.2, -0.15) is 0 Å². The molecule has 120 valence electrons. The van der Waals surface area contributed by atoms with Gasteiger partial charge < -0.3 is 15.5 Å². The number of rotatable bonds is 5. The quantitative estimate of drug-likeness (QED) is 0.416. The Hall–Kier alpha value is -0.0800. The molecular weight excluding hydrogens is 365 g/mol. The predicted octanol–water partition coefficient (Wildman–Crippen LogP) is 1.20. The number of hydrogen-bond acceptors (Lipinski definition) is 3. The van der Waals surface area contributed by atoms with E-state index in [4.69, 9.17) is 0 Å². The molecule has 0 spiro atoms. The molecule has 0 saturated carbocycles. The molecule has 20 heavy (non-hydrogen) atoms. The molecule has 1 rings (SSSR count). The number of likely N-dealkylation sites (N-methyl/N-ethyl adjacent to an activating group) is 1. The number of halogens is 1. The number of nitrogens with zero attached hydrogens (tertiary/aromatic N) is 3. The van der Waals surface area contributed by atoms with Crippen molar-refractivity contribution in [2.45, 2.75) is 39.8 Å². The van der Waals surface area contributed by atoms with Crippen molar-refractivity contribution in [1.29, 1.82) is 0 Å². The molecule has 1 saturated heterocycles. The Labute approximate surface area is 141 Å². The molecule has 0 aromatic heterocycles. The first kappa shape index (κ1) is 19.9. The Morgan fingerprint density at radius 3 is 2.25 bits per heavy atom. The van der Waals surface area contributed by atoms with Crippen molar-refractivity contribution < 1.29 is 0 Å². The zero-order valence-electron chi connectivity index (χ0n) is 13.6. The smallest absolute Gasteiger partial charge is 0.191 e. The van der Waals surface area contributed by atoms with Crippen LogP contribution in [0.5, 0.6) is 0 Å².